The van der Waals surface area contributed by atoms with Crippen LogP contribution in [-0.4, -0.2) is 31.8 Å². The second-order valence-corrected chi connectivity index (χ2v) is 6.44. The molecule has 0 aliphatic heterocycles. The lowest BCUT2D eigenvalue weighted by atomic mass is 10.2. The second kappa shape index (κ2) is 7.51. The molecular weight excluding hydrogens is 330 g/mol. The molecule has 0 saturated heterocycles. The number of aromatic nitrogens is 4. The van der Waals surface area contributed by atoms with Gasteiger partial charge in [-0.15, -0.1) is 0 Å². The van der Waals surface area contributed by atoms with Crippen molar-refractivity contribution >= 4 is 16.8 Å². The molecular formula is C19H23N5O2. The molecule has 0 aliphatic carbocycles. The van der Waals surface area contributed by atoms with Crippen LogP contribution in [0.2, 0.25) is 0 Å². The van der Waals surface area contributed by atoms with Gasteiger partial charge in [-0.2, -0.15) is 5.10 Å². The number of para-hydroxylation sites is 1. The summed E-state index contributed by atoms with van der Waals surface area (Å²) in [6, 6.07) is 8.13. The van der Waals surface area contributed by atoms with Gasteiger partial charge in [-0.25, -0.2) is 4.98 Å². The molecule has 0 bridgehead atoms. The predicted molar refractivity (Wildman–Crippen MR) is 100 cm³/mol. The summed E-state index contributed by atoms with van der Waals surface area (Å²) in [6.45, 7) is 4.98. The summed E-state index contributed by atoms with van der Waals surface area (Å²) in [7, 11) is 1.65. The van der Waals surface area contributed by atoms with Crippen LogP contribution in [0, 0.1) is 13.8 Å². The first-order valence-corrected chi connectivity index (χ1v) is 8.67. The highest BCUT2D eigenvalue weighted by Gasteiger charge is 2.11. The van der Waals surface area contributed by atoms with Crippen LogP contribution >= 0.6 is 0 Å². The van der Waals surface area contributed by atoms with Gasteiger partial charge in [-0.1, -0.05) is 18.2 Å². The third-order valence-electron chi connectivity index (χ3n) is 4.50. The van der Waals surface area contributed by atoms with E-state index in [0.717, 1.165) is 29.6 Å². The van der Waals surface area contributed by atoms with Crippen LogP contribution in [-0.2, 0) is 24.8 Å². The molecule has 0 atom stereocenters. The maximum atomic E-state index is 12.1. The van der Waals surface area contributed by atoms with E-state index in [9.17, 15) is 9.59 Å². The lowest BCUT2D eigenvalue weighted by molar-refractivity contribution is -0.120. The number of hydrogen-bond donors (Lipinski definition) is 1. The fourth-order valence-corrected chi connectivity index (χ4v) is 3.01. The number of rotatable bonds is 6. The summed E-state index contributed by atoms with van der Waals surface area (Å²) in [5.74, 6) is -0.129. The average Bonchev–Trinajstić information content (AvgIpc) is 2.96. The van der Waals surface area contributed by atoms with Gasteiger partial charge >= 0.3 is 0 Å². The summed E-state index contributed by atoms with van der Waals surface area (Å²) < 4.78 is 3.39. The first kappa shape index (κ1) is 17.8. The number of aryl methyl sites for hydroxylation is 3. The van der Waals surface area contributed by atoms with Crippen molar-refractivity contribution in [2.75, 3.05) is 6.54 Å². The van der Waals surface area contributed by atoms with Crippen LogP contribution in [0.4, 0.5) is 0 Å². The zero-order valence-corrected chi connectivity index (χ0v) is 15.3. The van der Waals surface area contributed by atoms with Gasteiger partial charge in [0.05, 0.1) is 29.7 Å². The topological polar surface area (TPSA) is 81.8 Å². The van der Waals surface area contributed by atoms with Crippen LogP contribution in [0.5, 0.6) is 0 Å². The van der Waals surface area contributed by atoms with E-state index >= 15 is 0 Å². The molecule has 1 N–H and O–H groups in total. The summed E-state index contributed by atoms with van der Waals surface area (Å²) in [4.78, 5) is 28.2. The van der Waals surface area contributed by atoms with Gasteiger partial charge < -0.3 is 9.88 Å². The number of carbonyl (C=O) groups excluding carboxylic acids is 1. The quantitative estimate of drug-likeness (QED) is 0.681. The summed E-state index contributed by atoms with van der Waals surface area (Å²) >= 11 is 0. The molecule has 2 heterocycles. The maximum absolute atomic E-state index is 12.1. The maximum Gasteiger partial charge on any atom is 0.256 e. The number of nitrogens with one attached hydrogen (secondary N) is 1. The van der Waals surface area contributed by atoms with Crippen molar-refractivity contribution in [3.8, 4) is 0 Å². The zero-order chi connectivity index (χ0) is 18.7. The molecule has 0 saturated carbocycles. The van der Waals surface area contributed by atoms with Crippen LogP contribution in [0.15, 0.2) is 35.4 Å². The van der Waals surface area contributed by atoms with Gasteiger partial charge in [0.15, 0.2) is 0 Å². The number of amides is 1. The van der Waals surface area contributed by atoms with E-state index in [4.69, 9.17) is 0 Å². The number of benzene rings is 1. The van der Waals surface area contributed by atoms with Crippen molar-refractivity contribution in [2.24, 2.45) is 7.05 Å². The van der Waals surface area contributed by atoms with E-state index < -0.39 is 0 Å². The predicted octanol–water partition coefficient (Wildman–Crippen LogP) is 1.50. The molecule has 26 heavy (non-hydrogen) atoms. The monoisotopic (exact) mass is 353 g/mol. The third-order valence-corrected chi connectivity index (χ3v) is 4.50. The Morgan fingerprint density at radius 3 is 2.81 bits per heavy atom. The van der Waals surface area contributed by atoms with Crippen LogP contribution in [0.1, 0.15) is 23.4 Å². The fourth-order valence-electron chi connectivity index (χ4n) is 3.01. The lowest BCUT2D eigenvalue weighted by Gasteiger charge is -2.08. The minimum atomic E-state index is -0.129. The van der Waals surface area contributed by atoms with Crippen molar-refractivity contribution in [2.45, 2.75) is 33.2 Å². The van der Waals surface area contributed by atoms with Crippen molar-refractivity contribution < 1.29 is 4.79 Å². The minimum absolute atomic E-state index is 0.117. The van der Waals surface area contributed by atoms with Gasteiger partial charge in [-0.3, -0.25) is 14.3 Å². The Morgan fingerprint density at radius 2 is 2.00 bits per heavy atom. The lowest BCUT2D eigenvalue weighted by Crippen LogP contribution is -2.29. The minimum Gasteiger partial charge on any atom is -0.356 e. The van der Waals surface area contributed by atoms with E-state index in [1.54, 1.807) is 14.0 Å². The normalized spacial score (nSPS) is 11.0. The van der Waals surface area contributed by atoms with Crippen LogP contribution < -0.4 is 10.9 Å². The van der Waals surface area contributed by atoms with E-state index in [0.29, 0.717) is 17.8 Å². The van der Waals surface area contributed by atoms with Gasteiger partial charge in [-0.05, 0) is 26.3 Å². The van der Waals surface area contributed by atoms with E-state index in [1.165, 1.54) is 10.9 Å². The Balaban J connectivity index is 1.53. The zero-order valence-electron chi connectivity index (χ0n) is 15.3. The summed E-state index contributed by atoms with van der Waals surface area (Å²) in [5, 5.41) is 8.61. The molecule has 0 unspecified atom stereocenters. The van der Waals surface area contributed by atoms with Gasteiger partial charge in [0.2, 0.25) is 5.91 Å². The van der Waals surface area contributed by atoms with Crippen molar-refractivity contribution in [3.05, 3.63) is 57.9 Å². The number of carbonyl (C=O) groups is 1. The van der Waals surface area contributed by atoms with E-state index in [-0.39, 0.29) is 17.9 Å². The SMILES string of the molecule is Cc1c(CC(=O)NCCCn2nc(C)c3ccccc32)ncn(C)c1=O. The average molecular weight is 353 g/mol. The summed E-state index contributed by atoms with van der Waals surface area (Å²) in [5.41, 5.74) is 3.04. The highest BCUT2D eigenvalue weighted by atomic mass is 16.1. The van der Waals surface area contributed by atoms with Crippen LogP contribution in [0.3, 0.4) is 0 Å². The van der Waals surface area contributed by atoms with Crippen molar-refractivity contribution in [3.63, 3.8) is 0 Å². The molecule has 1 amide bonds. The number of hydrogen-bond acceptors (Lipinski definition) is 4. The Hall–Kier alpha value is -2.96. The molecule has 3 aromatic rings. The Morgan fingerprint density at radius 1 is 1.23 bits per heavy atom. The third kappa shape index (κ3) is 3.66. The second-order valence-electron chi connectivity index (χ2n) is 6.44. The molecule has 2 aromatic heterocycles. The smallest absolute Gasteiger partial charge is 0.256 e. The van der Waals surface area contributed by atoms with Crippen molar-refractivity contribution in [1.29, 1.82) is 0 Å². The van der Waals surface area contributed by atoms with E-state index in [2.05, 4.69) is 27.5 Å². The van der Waals surface area contributed by atoms with Crippen molar-refractivity contribution in [1.82, 2.24) is 24.6 Å². The van der Waals surface area contributed by atoms with Gasteiger partial charge in [0.1, 0.15) is 0 Å². The Labute approximate surface area is 151 Å². The number of fused-ring (bicyclic) bond motifs is 1. The fraction of sp³-hybridized carbons (Fsp3) is 0.368. The Bertz CT molecular complexity index is 1000. The molecule has 0 spiro atoms. The first-order chi connectivity index (χ1) is 12.5. The highest BCUT2D eigenvalue weighted by molar-refractivity contribution is 5.81. The standard InChI is InChI=1S/C19H23N5O2/c1-13-16(21-12-23(3)19(13)26)11-18(25)20-9-6-10-24-17-8-5-4-7-15(17)14(2)22-24/h4-5,7-8,12H,6,9-11H2,1-3H3,(H,20,25). The molecule has 7 heteroatoms. The number of nitrogens with zero attached hydrogens (tertiary/aromatic N) is 4. The molecule has 136 valence electrons. The summed E-state index contributed by atoms with van der Waals surface area (Å²) in [6.07, 6.45) is 2.34. The molecule has 7 nitrogen and oxygen atoms in total. The van der Waals surface area contributed by atoms with Crippen LogP contribution in [0.25, 0.3) is 10.9 Å². The largest absolute Gasteiger partial charge is 0.356 e. The Kier molecular flexibility index (Phi) is 5.16. The first-order valence-electron chi connectivity index (χ1n) is 8.67. The molecule has 0 fully saturated rings. The highest BCUT2D eigenvalue weighted by Crippen LogP contribution is 2.17. The molecule has 0 radical (unpaired) electrons. The van der Waals surface area contributed by atoms with E-state index in [1.807, 2.05) is 23.7 Å². The van der Waals surface area contributed by atoms with Gasteiger partial charge in [0.25, 0.3) is 5.56 Å². The molecule has 0 aliphatic rings. The molecule has 1 aromatic carbocycles. The van der Waals surface area contributed by atoms with Gasteiger partial charge in [0, 0.05) is 31.1 Å². The molecule has 3 rings (SSSR count).